The number of benzene rings is 1. The maximum absolute atomic E-state index is 12.1. The number of carboxylic acids is 1. The Hall–Kier alpha value is -1.93. The van der Waals surface area contributed by atoms with Gasteiger partial charge in [-0.1, -0.05) is 0 Å². The number of carbonyl (C=O) groups excluding carboxylic acids is 1. The van der Waals surface area contributed by atoms with Crippen LogP contribution in [0.5, 0.6) is 0 Å². The molecule has 1 saturated carbocycles. The second kappa shape index (κ2) is 6.90. The van der Waals surface area contributed by atoms with Crippen molar-refractivity contribution in [1.82, 2.24) is 4.72 Å². The Morgan fingerprint density at radius 3 is 2.29 bits per heavy atom. The van der Waals surface area contributed by atoms with Crippen molar-refractivity contribution in [2.45, 2.75) is 38.0 Å². The normalized spacial score (nSPS) is 15.1. The third-order valence-corrected chi connectivity index (χ3v) is 5.33. The van der Waals surface area contributed by atoms with Gasteiger partial charge in [0.25, 0.3) is 0 Å². The lowest BCUT2D eigenvalue weighted by Gasteiger charge is -2.18. The summed E-state index contributed by atoms with van der Waals surface area (Å²) in [6.45, 7) is 3.39. The van der Waals surface area contributed by atoms with E-state index in [-0.39, 0.29) is 11.3 Å². The summed E-state index contributed by atoms with van der Waals surface area (Å²) >= 11 is 0. The predicted molar refractivity (Wildman–Crippen MR) is 89.0 cm³/mol. The van der Waals surface area contributed by atoms with E-state index in [0.29, 0.717) is 18.2 Å². The van der Waals surface area contributed by atoms with E-state index in [1.165, 1.54) is 38.1 Å². The lowest BCUT2D eigenvalue weighted by atomic mass is 9.89. The van der Waals surface area contributed by atoms with E-state index in [4.69, 9.17) is 5.11 Å². The SMILES string of the molecule is CC(C)(CC(=O)Nc1ccc(S(=O)(=O)NCC2CC2)cc1)C(=O)O. The Balaban J connectivity index is 1.96. The molecule has 1 fully saturated rings. The van der Waals surface area contributed by atoms with E-state index >= 15 is 0 Å². The van der Waals surface area contributed by atoms with Gasteiger partial charge in [0.2, 0.25) is 15.9 Å². The van der Waals surface area contributed by atoms with Crippen LogP contribution >= 0.6 is 0 Å². The molecular formula is C16H22N2O5S. The molecule has 0 spiro atoms. The van der Waals surface area contributed by atoms with Gasteiger partial charge in [-0.25, -0.2) is 13.1 Å². The third kappa shape index (κ3) is 5.04. The quantitative estimate of drug-likeness (QED) is 0.659. The fraction of sp³-hybridized carbons (Fsp3) is 0.500. The van der Waals surface area contributed by atoms with Crippen molar-refractivity contribution in [3.63, 3.8) is 0 Å². The number of amides is 1. The summed E-state index contributed by atoms with van der Waals surface area (Å²) in [7, 11) is -3.54. The first-order chi connectivity index (χ1) is 11.1. The minimum Gasteiger partial charge on any atom is -0.481 e. The van der Waals surface area contributed by atoms with E-state index in [1.807, 2.05) is 0 Å². The molecule has 1 aliphatic carbocycles. The number of nitrogens with one attached hydrogen (secondary N) is 2. The number of carboxylic acid groups (broad SMARTS) is 1. The smallest absolute Gasteiger partial charge is 0.309 e. The molecule has 0 heterocycles. The summed E-state index contributed by atoms with van der Waals surface area (Å²) in [6, 6.07) is 5.79. The Labute approximate surface area is 141 Å². The molecule has 24 heavy (non-hydrogen) atoms. The highest BCUT2D eigenvalue weighted by Crippen LogP contribution is 2.28. The number of sulfonamides is 1. The Morgan fingerprint density at radius 1 is 1.21 bits per heavy atom. The van der Waals surface area contributed by atoms with Crippen molar-refractivity contribution in [3.8, 4) is 0 Å². The minimum absolute atomic E-state index is 0.131. The van der Waals surface area contributed by atoms with Crippen LogP contribution in [0, 0.1) is 11.3 Å². The van der Waals surface area contributed by atoms with Gasteiger partial charge in [0, 0.05) is 18.7 Å². The van der Waals surface area contributed by atoms with Crippen molar-refractivity contribution in [1.29, 1.82) is 0 Å². The van der Waals surface area contributed by atoms with Gasteiger partial charge in [-0.2, -0.15) is 0 Å². The van der Waals surface area contributed by atoms with Crippen LogP contribution in [0.3, 0.4) is 0 Å². The fourth-order valence-electron chi connectivity index (χ4n) is 2.03. The molecule has 0 aromatic heterocycles. The van der Waals surface area contributed by atoms with Crippen molar-refractivity contribution >= 4 is 27.6 Å². The third-order valence-electron chi connectivity index (χ3n) is 3.89. The van der Waals surface area contributed by atoms with Crippen LogP contribution in [0.1, 0.15) is 33.1 Å². The Kier molecular flexibility index (Phi) is 5.29. The molecule has 0 radical (unpaired) electrons. The van der Waals surface area contributed by atoms with Crippen LogP contribution in [0.4, 0.5) is 5.69 Å². The molecule has 3 N–H and O–H groups in total. The van der Waals surface area contributed by atoms with Gasteiger partial charge >= 0.3 is 5.97 Å². The average molecular weight is 354 g/mol. The topological polar surface area (TPSA) is 113 Å². The summed E-state index contributed by atoms with van der Waals surface area (Å²) in [5.74, 6) is -1.05. The van der Waals surface area contributed by atoms with Gasteiger partial charge in [-0.05, 0) is 56.9 Å². The van der Waals surface area contributed by atoms with Crippen molar-refractivity contribution < 1.29 is 23.1 Å². The second-order valence-corrected chi connectivity index (χ2v) is 8.50. The first-order valence-electron chi connectivity index (χ1n) is 7.73. The molecule has 2 rings (SSSR count). The molecule has 0 unspecified atom stereocenters. The van der Waals surface area contributed by atoms with Gasteiger partial charge in [-0.3, -0.25) is 9.59 Å². The monoisotopic (exact) mass is 354 g/mol. The van der Waals surface area contributed by atoms with E-state index < -0.39 is 27.3 Å². The van der Waals surface area contributed by atoms with Crippen LogP contribution < -0.4 is 10.0 Å². The molecule has 0 atom stereocenters. The first kappa shape index (κ1) is 18.4. The Bertz CT molecular complexity index is 721. The van der Waals surface area contributed by atoms with Gasteiger partial charge in [-0.15, -0.1) is 0 Å². The van der Waals surface area contributed by atoms with Crippen molar-refractivity contribution in [2.75, 3.05) is 11.9 Å². The molecule has 1 aliphatic rings. The number of rotatable bonds is 8. The average Bonchev–Trinajstić information content (AvgIpc) is 3.29. The van der Waals surface area contributed by atoms with Crippen molar-refractivity contribution in [3.05, 3.63) is 24.3 Å². The number of hydrogen-bond donors (Lipinski definition) is 3. The molecule has 7 nitrogen and oxygen atoms in total. The predicted octanol–water partition coefficient (Wildman–Crippen LogP) is 1.81. The first-order valence-corrected chi connectivity index (χ1v) is 9.21. The van der Waals surface area contributed by atoms with Crippen LogP contribution in [-0.4, -0.2) is 31.9 Å². The zero-order chi connectivity index (χ0) is 18.0. The number of aliphatic carboxylic acids is 1. The zero-order valence-electron chi connectivity index (χ0n) is 13.7. The Morgan fingerprint density at radius 2 is 1.79 bits per heavy atom. The number of hydrogen-bond acceptors (Lipinski definition) is 4. The number of carbonyl (C=O) groups is 2. The zero-order valence-corrected chi connectivity index (χ0v) is 14.5. The second-order valence-electron chi connectivity index (χ2n) is 6.73. The summed E-state index contributed by atoms with van der Waals surface area (Å²) < 4.78 is 26.8. The van der Waals surface area contributed by atoms with Crippen LogP contribution in [0.15, 0.2) is 29.2 Å². The van der Waals surface area contributed by atoms with Crippen LogP contribution in [0.2, 0.25) is 0 Å². The van der Waals surface area contributed by atoms with E-state index in [2.05, 4.69) is 10.0 Å². The highest BCUT2D eigenvalue weighted by Gasteiger charge is 2.30. The van der Waals surface area contributed by atoms with Gasteiger partial charge in [0.05, 0.1) is 10.3 Å². The van der Waals surface area contributed by atoms with Gasteiger partial charge in [0.15, 0.2) is 0 Å². The summed E-state index contributed by atoms with van der Waals surface area (Å²) in [5.41, 5.74) is -0.748. The molecular weight excluding hydrogens is 332 g/mol. The molecule has 1 aromatic rings. The minimum atomic E-state index is -3.54. The summed E-state index contributed by atoms with van der Waals surface area (Å²) in [4.78, 5) is 23.0. The highest BCUT2D eigenvalue weighted by atomic mass is 32.2. The lowest BCUT2D eigenvalue weighted by molar-refractivity contribution is -0.148. The van der Waals surface area contributed by atoms with E-state index in [0.717, 1.165) is 12.8 Å². The summed E-state index contributed by atoms with van der Waals surface area (Å²) in [5, 5.41) is 11.6. The van der Waals surface area contributed by atoms with E-state index in [1.54, 1.807) is 0 Å². The van der Waals surface area contributed by atoms with Crippen LogP contribution in [-0.2, 0) is 19.6 Å². The standard InChI is InChI=1S/C16H22N2O5S/c1-16(2,15(20)21)9-14(19)18-12-5-7-13(8-6-12)24(22,23)17-10-11-3-4-11/h5-8,11,17H,3-4,9-10H2,1-2H3,(H,18,19)(H,20,21). The maximum atomic E-state index is 12.1. The number of anilines is 1. The molecule has 0 bridgehead atoms. The molecule has 8 heteroatoms. The molecule has 0 aliphatic heterocycles. The molecule has 0 saturated heterocycles. The highest BCUT2D eigenvalue weighted by molar-refractivity contribution is 7.89. The lowest BCUT2D eigenvalue weighted by Crippen LogP contribution is -2.29. The summed E-state index contributed by atoms with van der Waals surface area (Å²) in [6.07, 6.45) is 1.94. The van der Waals surface area contributed by atoms with Gasteiger partial charge in [0.1, 0.15) is 0 Å². The van der Waals surface area contributed by atoms with Gasteiger partial charge < -0.3 is 10.4 Å². The van der Waals surface area contributed by atoms with Crippen molar-refractivity contribution in [2.24, 2.45) is 11.3 Å². The van der Waals surface area contributed by atoms with E-state index in [9.17, 15) is 18.0 Å². The molecule has 1 aromatic carbocycles. The molecule has 1 amide bonds. The fourth-order valence-corrected chi connectivity index (χ4v) is 3.15. The largest absolute Gasteiger partial charge is 0.481 e. The maximum Gasteiger partial charge on any atom is 0.309 e. The van der Waals surface area contributed by atoms with Crippen LogP contribution in [0.25, 0.3) is 0 Å². The molecule has 132 valence electrons.